The third kappa shape index (κ3) is 2.17. The summed E-state index contributed by atoms with van der Waals surface area (Å²) in [4.78, 5) is 12.5. The number of halogens is 1. The molecule has 0 atom stereocenters. The number of carbonyl (C=O) groups is 1. The van der Waals surface area contributed by atoms with Crippen molar-refractivity contribution in [1.29, 1.82) is 0 Å². The first-order chi connectivity index (χ1) is 7.18. The van der Waals surface area contributed by atoms with Crippen molar-refractivity contribution in [1.82, 2.24) is 14.8 Å². The molecule has 0 bridgehead atoms. The van der Waals surface area contributed by atoms with Crippen LogP contribution in [0, 0.1) is 3.57 Å². The molecule has 2 aromatic heterocycles. The van der Waals surface area contributed by atoms with Crippen LogP contribution in [0.4, 0.5) is 5.95 Å². The van der Waals surface area contributed by atoms with Crippen molar-refractivity contribution in [3.63, 3.8) is 0 Å². The van der Waals surface area contributed by atoms with Gasteiger partial charge in [-0.15, -0.1) is 21.5 Å². The highest BCUT2D eigenvalue weighted by atomic mass is 127. The zero-order valence-corrected chi connectivity index (χ0v) is 10.7. The van der Waals surface area contributed by atoms with Crippen LogP contribution in [0.5, 0.6) is 0 Å². The number of rotatable bonds is 2. The molecule has 78 valence electrons. The molecule has 1 N–H and O–H groups in total. The minimum atomic E-state index is -0.148. The van der Waals surface area contributed by atoms with Gasteiger partial charge in [-0.25, -0.2) is 0 Å². The molecule has 0 saturated carbocycles. The van der Waals surface area contributed by atoms with Gasteiger partial charge in [0.05, 0.1) is 0 Å². The van der Waals surface area contributed by atoms with Crippen molar-refractivity contribution in [2.24, 2.45) is 7.05 Å². The fraction of sp³-hybridized carbons (Fsp3) is 0.125. The number of thiophene rings is 1. The summed E-state index contributed by atoms with van der Waals surface area (Å²) in [7, 11) is 1.77. The molecular weight excluding hydrogens is 327 g/mol. The summed E-state index contributed by atoms with van der Waals surface area (Å²) in [5.74, 6) is 0.301. The van der Waals surface area contributed by atoms with E-state index >= 15 is 0 Å². The van der Waals surface area contributed by atoms with E-state index in [1.807, 2.05) is 11.4 Å². The second kappa shape index (κ2) is 4.27. The molecule has 15 heavy (non-hydrogen) atoms. The van der Waals surface area contributed by atoms with Gasteiger partial charge < -0.3 is 4.57 Å². The quantitative estimate of drug-likeness (QED) is 0.851. The predicted molar refractivity (Wildman–Crippen MR) is 66.0 cm³/mol. The largest absolute Gasteiger partial charge is 0.303 e. The Morgan fingerprint density at radius 1 is 1.67 bits per heavy atom. The van der Waals surface area contributed by atoms with Crippen molar-refractivity contribution in [3.8, 4) is 0 Å². The Balaban J connectivity index is 2.18. The molecule has 0 saturated heterocycles. The Kier molecular flexibility index (Phi) is 3.00. The number of aryl methyl sites for hydroxylation is 1. The smallest absolute Gasteiger partial charge is 0.269 e. The van der Waals surface area contributed by atoms with E-state index in [1.165, 1.54) is 17.7 Å². The average Bonchev–Trinajstić information content (AvgIpc) is 2.76. The number of amides is 1. The number of anilines is 1. The van der Waals surface area contributed by atoms with E-state index in [2.05, 4.69) is 38.1 Å². The summed E-state index contributed by atoms with van der Waals surface area (Å²) in [6.45, 7) is 0. The number of hydrogen-bond donors (Lipinski definition) is 1. The summed E-state index contributed by atoms with van der Waals surface area (Å²) in [5, 5.41) is 12.0. The highest BCUT2D eigenvalue weighted by Gasteiger charge is 2.13. The molecule has 5 nitrogen and oxygen atoms in total. The van der Waals surface area contributed by atoms with Gasteiger partial charge in [-0.3, -0.25) is 10.1 Å². The lowest BCUT2D eigenvalue weighted by Gasteiger charge is -2.01. The van der Waals surface area contributed by atoms with Crippen LogP contribution in [-0.2, 0) is 7.05 Å². The molecule has 0 unspecified atom stereocenters. The van der Waals surface area contributed by atoms with Gasteiger partial charge in [0.25, 0.3) is 5.91 Å². The maximum atomic E-state index is 11.8. The lowest BCUT2D eigenvalue weighted by atomic mass is 10.4. The normalized spacial score (nSPS) is 10.3. The number of nitrogens with zero attached hydrogens (tertiary/aromatic N) is 3. The summed E-state index contributed by atoms with van der Waals surface area (Å²) in [6, 6.07) is 1.90. The minimum absolute atomic E-state index is 0.148. The van der Waals surface area contributed by atoms with E-state index in [-0.39, 0.29) is 5.91 Å². The Morgan fingerprint density at radius 3 is 3.00 bits per heavy atom. The maximum Gasteiger partial charge on any atom is 0.269 e. The molecule has 0 spiro atoms. The summed E-state index contributed by atoms with van der Waals surface area (Å²) in [6.07, 6.45) is 1.54. The zero-order valence-electron chi connectivity index (χ0n) is 7.77. The van der Waals surface area contributed by atoms with Crippen molar-refractivity contribution < 1.29 is 4.79 Å². The zero-order chi connectivity index (χ0) is 10.8. The molecule has 1 amide bonds. The van der Waals surface area contributed by atoms with Gasteiger partial charge >= 0.3 is 0 Å². The lowest BCUT2D eigenvalue weighted by Crippen LogP contribution is -2.14. The van der Waals surface area contributed by atoms with Gasteiger partial charge in [-0.05, 0) is 34.0 Å². The van der Waals surface area contributed by atoms with Crippen molar-refractivity contribution in [2.45, 2.75) is 0 Å². The summed E-state index contributed by atoms with van der Waals surface area (Å²) >= 11 is 3.54. The first kappa shape index (κ1) is 10.6. The van der Waals surface area contributed by atoms with E-state index in [9.17, 15) is 4.79 Å². The van der Waals surface area contributed by atoms with E-state index in [1.54, 1.807) is 11.6 Å². The van der Waals surface area contributed by atoms with Gasteiger partial charge in [0, 0.05) is 10.6 Å². The van der Waals surface area contributed by atoms with Crippen LogP contribution in [0.2, 0.25) is 0 Å². The van der Waals surface area contributed by atoms with Crippen LogP contribution >= 0.6 is 33.9 Å². The monoisotopic (exact) mass is 334 g/mol. The highest BCUT2D eigenvalue weighted by molar-refractivity contribution is 14.1. The molecule has 0 aromatic carbocycles. The fourth-order valence-corrected chi connectivity index (χ4v) is 2.74. The molecule has 0 radical (unpaired) electrons. The second-order valence-electron chi connectivity index (χ2n) is 2.82. The van der Waals surface area contributed by atoms with Crippen LogP contribution in [0.3, 0.4) is 0 Å². The fourth-order valence-electron chi connectivity index (χ4n) is 1.01. The topological polar surface area (TPSA) is 59.8 Å². The van der Waals surface area contributed by atoms with Gasteiger partial charge in [0.2, 0.25) is 5.95 Å². The molecule has 0 aliphatic heterocycles. The first-order valence-electron chi connectivity index (χ1n) is 4.07. The summed E-state index contributed by atoms with van der Waals surface area (Å²) < 4.78 is 2.59. The Labute approximate surface area is 104 Å². The van der Waals surface area contributed by atoms with Crippen LogP contribution in [0.25, 0.3) is 0 Å². The molecule has 0 aliphatic carbocycles. The van der Waals surface area contributed by atoms with Crippen LogP contribution < -0.4 is 5.32 Å². The van der Waals surface area contributed by atoms with Crippen LogP contribution in [0.1, 0.15) is 9.67 Å². The predicted octanol–water partition coefficient (Wildman–Crippen LogP) is 1.73. The van der Waals surface area contributed by atoms with E-state index in [0.29, 0.717) is 10.8 Å². The summed E-state index contributed by atoms with van der Waals surface area (Å²) in [5.41, 5.74) is 0. The van der Waals surface area contributed by atoms with Gasteiger partial charge in [-0.2, -0.15) is 0 Å². The van der Waals surface area contributed by atoms with Gasteiger partial charge in [0.1, 0.15) is 11.2 Å². The number of hydrogen-bond acceptors (Lipinski definition) is 4. The third-order valence-electron chi connectivity index (χ3n) is 1.76. The molecule has 2 heterocycles. The molecule has 0 fully saturated rings. The van der Waals surface area contributed by atoms with E-state index in [0.717, 1.165) is 3.57 Å². The van der Waals surface area contributed by atoms with Crippen LogP contribution in [0.15, 0.2) is 17.8 Å². The first-order valence-corrected chi connectivity index (χ1v) is 6.02. The Bertz CT molecular complexity index is 492. The SMILES string of the molecule is Cn1cnnc1NC(=O)c1sccc1I. The van der Waals surface area contributed by atoms with E-state index < -0.39 is 0 Å². The maximum absolute atomic E-state index is 11.8. The van der Waals surface area contributed by atoms with Crippen LogP contribution in [-0.4, -0.2) is 20.7 Å². The minimum Gasteiger partial charge on any atom is -0.303 e. The van der Waals surface area contributed by atoms with Crippen molar-refractivity contribution in [2.75, 3.05) is 5.32 Å². The van der Waals surface area contributed by atoms with Gasteiger partial charge in [0.15, 0.2) is 0 Å². The number of nitrogens with one attached hydrogen (secondary N) is 1. The number of aromatic nitrogens is 3. The average molecular weight is 334 g/mol. The van der Waals surface area contributed by atoms with Crippen molar-refractivity contribution >= 4 is 45.8 Å². The van der Waals surface area contributed by atoms with E-state index in [4.69, 9.17) is 0 Å². The Morgan fingerprint density at radius 2 is 2.47 bits per heavy atom. The molecule has 0 aliphatic rings. The van der Waals surface area contributed by atoms with Crippen molar-refractivity contribution in [3.05, 3.63) is 26.2 Å². The second-order valence-corrected chi connectivity index (χ2v) is 4.90. The third-order valence-corrected chi connectivity index (χ3v) is 3.94. The Hall–Kier alpha value is -0.960. The standard InChI is InChI=1S/C8H7IN4OS/c1-13-4-10-12-8(13)11-7(14)6-5(9)2-3-15-6/h2-4H,1H3,(H,11,12,14). The number of carbonyl (C=O) groups excluding carboxylic acids is 1. The highest BCUT2D eigenvalue weighted by Crippen LogP contribution is 2.19. The molecular formula is C8H7IN4OS. The lowest BCUT2D eigenvalue weighted by molar-refractivity contribution is 0.102. The van der Waals surface area contributed by atoms with Gasteiger partial charge in [-0.1, -0.05) is 0 Å². The molecule has 7 heteroatoms. The molecule has 2 aromatic rings. The molecule has 2 rings (SSSR count).